The van der Waals surface area contributed by atoms with Gasteiger partial charge in [0.2, 0.25) is 0 Å². The molecular formula is C14H19FN2. The van der Waals surface area contributed by atoms with Crippen molar-refractivity contribution in [3.8, 4) is 6.07 Å². The van der Waals surface area contributed by atoms with E-state index in [1.807, 2.05) is 19.1 Å². The molecule has 0 bridgehead atoms. The molecule has 1 rings (SSSR count). The Morgan fingerprint density at radius 1 is 1.47 bits per heavy atom. The van der Waals surface area contributed by atoms with Crippen molar-refractivity contribution in [2.75, 3.05) is 13.1 Å². The molecule has 17 heavy (non-hydrogen) atoms. The lowest BCUT2D eigenvalue weighted by atomic mass is 10.1. The summed E-state index contributed by atoms with van der Waals surface area (Å²) in [4.78, 5) is 0. The quantitative estimate of drug-likeness (QED) is 0.768. The van der Waals surface area contributed by atoms with Gasteiger partial charge in [0.05, 0.1) is 12.0 Å². The predicted octanol–water partition coefficient (Wildman–Crippen LogP) is 2.82. The van der Waals surface area contributed by atoms with Crippen LogP contribution < -0.4 is 5.32 Å². The van der Waals surface area contributed by atoms with Gasteiger partial charge in [-0.2, -0.15) is 5.26 Å². The summed E-state index contributed by atoms with van der Waals surface area (Å²) in [7, 11) is 0. The molecule has 0 saturated heterocycles. The van der Waals surface area contributed by atoms with Crippen molar-refractivity contribution in [3.05, 3.63) is 35.1 Å². The maximum atomic E-state index is 13.0. The third kappa shape index (κ3) is 4.54. The molecule has 0 aliphatic heterocycles. The lowest BCUT2D eigenvalue weighted by Crippen LogP contribution is -2.23. The normalized spacial score (nSPS) is 12.1. The highest BCUT2D eigenvalue weighted by atomic mass is 19.1. The Bertz CT molecular complexity index is 396. The molecule has 1 atom stereocenters. The number of nitriles is 1. The summed E-state index contributed by atoms with van der Waals surface area (Å²) in [6, 6.07) is 7.45. The van der Waals surface area contributed by atoms with Gasteiger partial charge in [-0.05, 0) is 43.5 Å². The minimum atomic E-state index is -0.155. The van der Waals surface area contributed by atoms with E-state index in [2.05, 4.69) is 11.4 Å². The molecule has 0 aliphatic carbocycles. The fourth-order valence-electron chi connectivity index (χ4n) is 1.65. The van der Waals surface area contributed by atoms with Crippen molar-refractivity contribution in [3.63, 3.8) is 0 Å². The highest BCUT2D eigenvalue weighted by molar-refractivity contribution is 5.24. The molecule has 1 unspecified atom stereocenters. The predicted molar refractivity (Wildman–Crippen MR) is 67.1 cm³/mol. The number of rotatable bonds is 6. The van der Waals surface area contributed by atoms with Crippen molar-refractivity contribution in [2.45, 2.75) is 26.7 Å². The Labute approximate surface area is 102 Å². The van der Waals surface area contributed by atoms with Crippen molar-refractivity contribution in [2.24, 2.45) is 5.92 Å². The third-order valence-electron chi connectivity index (χ3n) is 2.88. The van der Waals surface area contributed by atoms with E-state index < -0.39 is 0 Å². The van der Waals surface area contributed by atoms with E-state index in [-0.39, 0.29) is 11.7 Å². The summed E-state index contributed by atoms with van der Waals surface area (Å²) in [5.74, 6) is -0.0674. The number of aryl methyl sites for hydroxylation is 1. The Kier molecular flexibility index (Phi) is 5.65. The van der Waals surface area contributed by atoms with Gasteiger partial charge in [-0.15, -0.1) is 0 Å². The molecule has 0 heterocycles. The van der Waals surface area contributed by atoms with Crippen LogP contribution in [0.25, 0.3) is 0 Å². The van der Waals surface area contributed by atoms with Crippen molar-refractivity contribution in [1.82, 2.24) is 5.32 Å². The van der Waals surface area contributed by atoms with Gasteiger partial charge in [0.1, 0.15) is 5.82 Å². The minimum Gasteiger partial charge on any atom is -0.315 e. The molecule has 1 aromatic carbocycles. The van der Waals surface area contributed by atoms with Gasteiger partial charge in [-0.3, -0.25) is 0 Å². The second-order valence-electron chi connectivity index (χ2n) is 4.27. The molecule has 0 fully saturated rings. The zero-order valence-electron chi connectivity index (χ0n) is 10.5. The molecule has 0 saturated carbocycles. The highest BCUT2D eigenvalue weighted by Gasteiger charge is 2.03. The summed E-state index contributed by atoms with van der Waals surface area (Å²) in [5.41, 5.74) is 1.81. The van der Waals surface area contributed by atoms with Gasteiger partial charge < -0.3 is 5.32 Å². The molecular weight excluding hydrogens is 215 g/mol. The van der Waals surface area contributed by atoms with Gasteiger partial charge >= 0.3 is 0 Å². The van der Waals surface area contributed by atoms with Crippen LogP contribution in [0.5, 0.6) is 0 Å². The molecule has 1 N–H and O–H groups in total. The summed E-state index contributed by atoms with van der Waals surface area (Å²) >= 11 is 0. The first kappa shape index (κ1) is 13.7. The van der Waals surface area contributed by atoms with E-state index in [1.165, 1.54) is 6.07 Å². The van der Waals surface area contributed by atoms with Crippen LogP contribution in [0.1, 0.15) is 24.5 Å². The van der Waals surface area contributed by atoms with Gasteiger partial charge in [0.15, 0.2) is 0 Å². The largest absolute Gasteiger partial charge is 0.315 e. The maximum Gasteiger partial charge on any atom is 0.126 e. The smallest absolute Gasteiger partial charge is 0.126 e. The monoisotopic (exact) mass is 234 g/mol. The molecule has 92 valence electrons. The fraction of sp³-hybridized carbons (Fsp3) is 0.500. The van der Waals surface area contributed by atoms with Crippen LogP contribution in [0.2, 0.25) is 0 Å². The van der Waals surface area contributed by atoms with Crippen LogP contribution in [-0.4, -0.2) is 13.1 Å². The summed E-state index contributed by atoms with van der Waals surface area (Å²) in [5, 5.41) is 12.0. The molecule has 2 nitrogen and oxygen atoms in total. The molecule has 0 radical (unpaired) electrons. The Morgan fingerprint density at radius 2 is 2.24 bits per heavy atom. The van der Waals surface area contributed by atoms with Crippen LogP contribution in [0.3, 0.4) is 0 Å². The van der Waals surface area contributed by atoms with Crippen molar-refractivity contribution < 1.29 is 4.39 Å². The molecule has 0 aromatic heterocycles. The van der Waals surface area contributed by atoms with E-state index in [1.54, 1.807) is 6.92 Å². The number of hydrogen-bond donors (Lipinski definition) is 1. The van der Waals surface area contributed by atoms with Gasteiger partial charge in [0, 0.05) is 6.54 Å². The van der Waals surface area contributed by atoms with E-state index in [0.717, 1.165) is 31.5 Å². The Morgan fingerprint density at radius 3 is 2.82 bits per heavy atom. The number of nitrogens with one attached hydrogen (secondary N) is 1. The van der Waals surface area contributed by atoms with Gasteiger partial charge in [0.25, 0.3) is 0 Å². The highest BCUT2D eigenvalue weighted by Crippen LogP contribution is 2.09. The van der Waals surface area contributed by atoms with E-state index in [4.69, 9.17) is 5.26 Å². The lowest BCUT2D eigenvalue weighted by molar-refractivity contribution is 0.554. The van der Waals surface area contributed by atoms with E-state index in [9.17, 15) is 4.39 Å². The first-order valence-corrected chi connectivity index (χ1v) is 6.02. The van der Waals surface area contributed by atoms with Crippen LogP contribution in [0.15, 0.2) is 18.2 Å². The Hall–Kier alpha value is -1.40. The number of hydrogen-bond acceptors (Lipinski definition) is 2. The fourth-order valence-corrected chi connectivity index (χ4v) is 1.65. The summed E-state index contributed by atoms with van der Waals surface area (Å²) in [6.45, 7) is 5.34. The van der Waals surface area contributed by atoms with Crippen molar-refractivity contribution in [1.29, 1.82) is 5.26 Å². The lowest BCUT2D eigenvalue weighted by Gasteiger charge is -2.08. The van der Waals surface area contributed by atoms with Gasteiger partial charge in [-0.25, -0.2) is 4.39 Å². The number of nitrogens with zero attached hydrogens (tertiary/aromatic N) is 1. The van der Waals surface area contributed by atoms with Gasteiger partial charge in [-0.1, -0.05) is 19.1 Å². The van der Waals surface area contributed by atoms with E-state index in [0.29, 0.717) is 5.56 Å². The third-order valence-corrected chi connectivity index (χ3v) is 2.88. The maximum absolute atomic E-state index is 13.0. The summed E-state index contributed by atoms with van der Waals surface area (Å²) < 4.78 is 13.0. The number of benzene rings is 1. The second-order valence-corrected chi connectivity index (χ2v) is 4.27. The standard InChI is InChI=1S/C14H19FN2/c1-3-12(9-16)10-17-7-6-13-4-5-14(15)11(2)8-13/h4-5,8,12,17H,3,6-7,10H2,1-2H3. The van der Waals surface area contributed by atoms with Crippen LogP contribution in [-0.2, 0) is 6.42 Å². The van der Waals surface area contributed by atoms with Crippen molar-refractivity contribution >= 4 is 0 Å². The molecule has 1 aromatic rings. The Balaban J connectivity index is 2.31. The van der Waals surface area contributed by atoms with Crippen LogP contribution in [0.4, 0.5) is 4.39 Å². The molecule has 0 spiro atoms. The van der Waals surface area contributed by atoms with Crippen LogP contribution in [0, 0.1) is 30.0 Å². The molecule has 0 amide bonds. The SMILES string of the molecule is CCC(C#N)CNCCc1ccc(F)c(C)c1. The first-order valence-electron chi connectivity index (χ1n) is 6.02. The summed E-state index contributed by atoms with van der Waals surface area (Å²) in [6.07, 6.45) is 1.74. The zero-order valence-corrected chi connectivity index (χ0v) is 10.5. The minimum absolute atomic E-state index is 0.0879. The van der Waals surface area contributed by atoms with E-state index >= 15 is 0 Å². The number of halogens is 1. The molecule has 3 heteroatoms. The second kappa shape index (κ2) is 7.03. The zero-order chi connectivity index (χ0) is 12.7. The topological polar surface area (TPSA) is 35.8 Å². The van der Waals surface area contributed by atoms with Crippen LogP contribution >= 0.6 is 0 Å². The average molecular weight is 234 g/mol. The first-order chi connectivity index (χ1) is 8.17. The average Bonchev–Trinajstić information content (AvgIpc) is 2.34. The molecule has 0 aliphatic rings.